The Kier molecular flexibility index (Phi) is 11.4. The zero-order chi connectivity index (χ0) is 18.7. The zero-order valence-corrected chi connectivity index (χ0v) is 17.8. The Hall–Kier alpha value is -0.610. The summed E-state index contributed by atoms with van der Waals surface area (Å²) in [5, 5.41) is 0.339. The summed E-state index contributed by atoms with van der Waals surface area (Å²) in [6.45, 7) is 10.9. The minimum atomic E-state index is 0.170. The number of anilines is 1. The molecule has 0 aromatic carbocycles. The van der Waals surface area contributed by atoms with Gasteiger partial charge < -0.3 is 4.90 Å². The second-order valence-corrected chi connectivity index (χ2v) is 7.59. The Balaban J connectivity index is 2.95. The Morgan fingerprint density at radius 2 is 1.20 bits per heavy atom. The van der Waals surface area contributed by atoms with Gasteiger partial charge in [-0.05, 0) is 47.9 Å². The predicted octanol–water partition coefficient (Wildman–Crippen LogP) is 6.42. The molecule has 0 unspecified atom stereocenters. The summed E-state index contributed by atoms with van der Waals surface area (Å²) in [6.07, 6.45) is 9.78. The Morgan fingerprint density at radius 1 is 0.760 bits per heavy atom. The first-order chi connectivity index (χ1) is 12.0. The molecule has 25 heavy (non-hydrogen) atoms. The molecule has 1 heterocycles. The maximum atomic E-state index is 6.03. The van der Waals surface area contributed by atoms with Crippen LogP contribution in [-0.4, -0.2) is 28.0 Å². The molecule has 1 aromatic rings. The van der Waals surface area contributed by atoms with E-state index in [0.29, 0.717) is 17.8 Å². The molecule has 0 aliphatic carbocycles. The van der Waals surface area contributed by atoms with Crippen LogP contribution in [-0.2, 0) is 0 Å². The van der Waals surface area contributed by atoms with E-state index in [1.54, 1.807) is 0 Å². The van der Waals surface area contributed by atoms with Gasteiger partial charge in [0.25, 0.3) is 0 Å². The van der Waals surface area contributed by atoms with Crippen molar-refractivity contribution in [1.29, 1.82) is 0 Å². The third kappa shape index (κ3) is 8.54. The van der Waals surface area contributed by atoms with Crippen LogP contribution in [0.2, 0.25) is 10.6 Å². The molecule has 0 fully saturated rings. The summed E-state index contributed by atoms with van der Waals surface area (Å²) in [5.74, 6) is 1.89. The van der Waals surface area contributed by atoms with Gasteiger partial charge in [0.15, 0.2) is 0 Å². The van der Waals surface area contributed by atoms with Crippen molar-refractivity contribution in [1.82, 2.24) is 15.0 Å². The van der Waals surface area contributed by atoms with Gasteiger partial charge in [-0.1, -0.05) is 66.2 Å². The van der Waals surface area contributed by atoms with Crippen molar-refractivity contribution < 1.29 is 0 Å². The van der Waals surface area contributed by atoms with Gasteiger partial charge in [0.1, 0.15) is 0 Å². The lowest BCUT2D eigenvalue weighted by atomic mass is 9.96. The quantitative estimate of drug-likeness (QED) is 0.390. The SMILES string of the molecule is CCCC[C@@H](CC)CN(C[C@@H](CC)CCCC)c1nc(Cl)nc(Cl)n1. The van der Waals surface area contributed by atoms with Crippen LogP contribution in [0.15, 0.2) is 0 Å². The first-order valence-electron chi connectivity index (χ1n) is 9.85. The molecule has 0 bridgehead atoms. The van der Waals surface area contributed by atoms with E-state index >= 15 is 0 Å². The molecule has 1 aromatic heterocycles. The van der Waals surface area contributed by atoms with Crippen LogP contribution in [0.1, 0.15) is 79.1 Å². The standard InChI is InChI=1S/C19H34Cl2N4/c1-5-9-11-15(7-3)13-25(14-16(8-4)12-10-6-2)19-23-17(20)22-18(21)24-19/h15-16H,5-14H2,1-4H3/t15-,16+. The van der Waals surface area contributed by atoms with Crippen LogP contribution >= 0.6 is 23.2 Å². The van der Waals surface area contributed by atoms with E-state index in [0.717, 1.165) is 25.9 Å². The second-order valence-electron chi connectivity index (χ2n) is 6.91. The molecular formula is C19H34Cl2N4. The molecule has 0 aliphatic rings. The largest absolute Gasteiger partial charge is 0.340 e. The molecule has 0 radical (unpaired) electrons. The Labute approximate surface area is 163 Å². The number of nitrogens with zero attached hydrogens (tertiary/aromatic N) is 4. The van der Waals surface area contributed by atoms with Gasteiger partial charge in [0.05, 0.1) is 0 Å². The third-order valence-corrected chi connectivity index (χ3v) is 5.23. The zero-order valence-electron chi connectivity index (χ0n) is 16.3. The van der Waals surface area contributed by atoms with Crippen molar-refractivity contribution in [2.75, 3.05) is 18.0 Å². The smallest absolute Gasteiger partial charge is 0.230 e. The molecule has 6 heteroatoms. The van der Waals surface area contributed by atoms with Crippen molar-refractivity contribution in [3.05, 3.63) is 10.6 Å². The summed E-state index contributed by atoms with van der Waals surface area (Å²) in [7, 11) is 0. The summed E-state index contributed by atoms with van der Waals surface area (Å²) in [6, 6.07) is 0. The van der Waals surface area contributed by atoms with Gasteiger partial charge in [-0.2, -0.15) is 15.0 Å². The number of rotatable bonds is 13. The van der Waals surface area contributed by atoms with Crippen molar-refractivity contribution in [3.8, 4) is 0 Å². The van der Waals surface area contributed by atoms with E-state index in [9.17, 15) is 0 Å². The lowest BCUT2D eigenvalue weighted by Crippen LogP contribution is -2.35. The molecule has 0 aliphatic heterocycles. The number of unbranched alkanes of at least 4 members (excludes halogenated alkanes) is 2. The summed E-state index contributed by atoms with van der Waals surface area (Å²) in [4.78, 5) is 14.9. The fraction of sp³-hybridized carbons (Fsp3) is 0.842. The monoisotopic (exact) mass is 388 g/mol. The lowest BCUT2D eigenvalue weighted by molar-refractivity contribution is 0.400. The minimum Gasteiger partial charge on any atom is -0.340 e. The van der Waals surface area contributed by atoms with Crippen molar-refractivity contribution in [2.24, 2.45) is 11.8 Å². The van der Waals surface area contributed by atoms with Crippen LogP contribution < -0.4 is 4.90 Å². The summed E-state index contributed by atoms with van der Waals surface area (Å²) in [5.41, 5.74) is 0. The summed E-state index contributed by atoms with van der Waals surface area (Å²) < 4.78 is 0. The predicted molar refractivity (Wildman–Crippen MR) is 109 cm³/mol. The lowest BCUT2D eigenvalue weighted by Gasteiger charge is -2.30. The van der Waals surface area contributed by atoms with E-state index < -0.39 is 0 Å². The third-order valence-electron chi connectivity index (χ3n) is 4.90. The number of aromatic nitrogens is 3. The van der Waals surface area contributed by atoms with E-state index in [2.05, 4.69) is 47.5 Å². The van der Waals surface area contributed by atoms with Crippen molar-refractivity contribution >= 4 is 29.2 Å². The van der Waals surface area contributed by atoms with Crippen LogP contribution in [0.3, 0.4) is 0 Å². The maximum Gasteiger partial charge on any atom is 0.230 e. The highest BCUT2D eigenvalue weighted by atomic mass is 35.5. The van der Waals surface area contributed by atoms with E-state index in [-0.39, 0.29) is 10.6 Å². The van der Waals surface area contributed by atoms with Crippen LogP contribution in [0.5, 0.6) is 0 Å². The van der Waals surface area contributed by atoms with Crippen LogP contribution in [0.25, 0.3) is 0 Å². The fourth-order valence-electron chi connectivity index (χ4n) is 3.15. The first-order valence-corrected chi connectivity index (χ1v) is 10.6. The average molecular weight is 389 g/mol. The van der Waals surface area contributed by atoms with Crippen LogP contribution in [0, 0.1) is 11.8 Å². The molecule has 1 rings (SSSR count). The topological polar surface area (TPSA) is 41.9 Å². The van der Waals surface area contributed by atoms with Gasteiger partial charge in [0.2, 0.25) is 16.5 Å². The normalized spacial score (nSPS) is 13.7. The molecular weight excluding hydrogens is 355 g/mol. The van der Waals surface area contributed by atoms with E-state index in [1.807, 2.05) is 0 Å². The highest BCUT2D eigenvalue weighted by molar-refractivity contribution is 6.31. The molecule has 0 saturated heterocycles. The highest BCUT2D eigenvalue weighted by Crippen LogP contribution is 2.23. The van der Waals surface area contributed by atoms with Gasteiger partial charge in [-0.3, -0.25) is 0 Å². The molecule has 0 spiro atoms. The maximum absolute atomic E-state index is 6.03. The molecule has 2 atom stereocenters. The number of hydrogen-bond donors (Lipinski definition) is 0. The molecule has 0 N–H and O–H groups in total. The van der Waals surface area contributed by atoms with Gasteiger partial charge >= 0.3 is 0 Å². The molecule has 0 saturated carbocycles. The molecule has 0 amide bonds. The fourth-order valence-corrected chi connectivity index (χ4v) is 3.51. The van der Waals surface area contributed by atoms with Gasteiger partial charge in [-0.25, -0.2) is 0 Å². The molecule has 144 valence electrons. The Morgan fingerprint density at radius 3 is 1.56 bits per heavy atom. The Bertz CT molecular complexity index is 446. The van der Waals surface area contributed by atoms with E-state index in [4.69, 9.17) is 23.2 Å². The van der Waals surface area contributed by atoms with Gasteiger partial charge in [-0.15, -0.1) is 0 Å². The first kappa shape index (κ1) is 22.4. The van der Waals surface area contributed by atoms with Crippen LogP contribution in [0.4, 0.5) is 5.95 Å². The molecule has 4 nitrogen and oxygen atoms in total. The minimum absolute atomic E-state index is 0.170. The summed E-state index contributed by atoms with van der Waals surface area (Å²) >= 11 is 12.1. The average Bonchev–Trinajstić information content (AvgIpc) is 2.59. The second kappa shape index (κ2) is 12.7. The van der Waals surface area contributed by atoms with Crippen molar-refractivity contribution in [3.63, 3.8) is 0 Å². The van der Waals surface area contributed by atoms with E-state index in [1.165, 1.54) is 38.5 Å². The highest BCUT2D eigenvalue weighted by Gasteiger charge is 2.20. The van der Waals surface area contributed by atoms with Gasteiger partial charge in [0, 0.05) is 13.1 Å². The van der Waals surface area contributed by atoms with Crippen molar-refractivity contribution in [2.45, 2.75) is 79.1 Å². The number of halogens is 2. The number of hydrogen-bond acceptors (Lipinski definition) is 4.